The second-order valence-electron chi connectivity index (χ2n) is 8.04. The maximum Gasteiger partial charge on any atom is 0.314 e. The van der Waals surface area contributed by atoms with Gasteiger partial charge in [0.05, 0.1) is 42.2 Å². The van der Waals surface area contributed by atoms with Crippen molar-refractivity contribution in [2.45, 2.75) is 45.4 Å². The van der Waals surface area contributed by atoms with Gasteiger partial charge in [-0.15, -0.1) is 10.2 Å². The highest BCUT2D eigenvalue weighted by atomic mass is 32.2. The minimum Gasteiger partial charge on any atom is -0.593 e. The maximum atomic E-state index is 13.2. The Balaban J connectivity index is 1.68. The average Bonchev–Trinajstić information content (AvgIpc) is 3.42. The molecule has 0 saturated carbocycles. The van der Waals surface area contributed by atoms with Crippen LogP contribution in [0.25, 0.3) is 11.5 Å². The van der Waals surface area contributed by atoms with Crippen LogP contribution < -0.4 is 9.46 Å². The summed E-state index contributed by atoms with van der Waals surface area (Å²) in [6, 6.07) is 4.72. The van der Waals surface area contributed by atoms with Crippen LogP contribution in [0.15, 0.2) is 35.1 Å². The first-order chi connectivity index (χ1) is 16.8. The molecular weight excluding hydrogens is 472 g/mol. The van der Waals surface area contributed by atoms with Crippen molar-refractivity contribution in [1.29, 1.82) is 0 Å². The average molecular weight is 499 g/mol. The van der Waals surface area contributed by atoms with Gasteiger partial charge < -0.3 is 18.9 Å². The molecular formula is C22H26N8O4S. The van der Waals surface area contributed by atoms with Gasteiger partial charge in [-0.2, -0.15) is 4.72 Å². The number of methoxy groups -OCH3 is 1. The fourth-order valence-electron chi connectivity index (χ4n) is 3.58. The van der Waals surface area contributed by atoms with Gasteiger partial charge in [0.15, 0.2) is 5.82 Å². The zero-order valence-electron chi connectivity index (χ0n) is 20.0. The minimum atomic E-state index is -1.55. The molecule has 184 valence electrons. The van der Waals surface area contributed by atoms with Gasteiger partial charge in [0.25, 0.3) is 5.95 Å². The van der Waals surface area contributed by atoms with E-state index < -0.39 is 17.4 Å². The topological polar surface area (TPSA) is 160 Å². The normalized spacial score (nSPS) is 13.9. The molecule has 0 spiro atoms. The first kappa shape index (κ1) is 24.4. The zero-order valence-corrected chi connectivity index (χ0v) is 20.8. The van der Waals surface area contributed by atoms with E-state index in [1.165, 1.54) is 7.11 Å². The van der Waals surface area contributed by atoms with E-state index in [4.69, 9.17) is 9.26 Å². The number of pyridine rings is 1. The van der Waals surface area contributed by atoms with E-state index in [0.717, 1.165) is 5.56 Å². The highest BCUT2D eigenvalue weighted by molar-refractivity contribution is 7.93. The molecule has 13 heteroatoms. The molecule has 0 amide bonds. The molecule has 0 aliphatic rings. The lowest BCUT2D eigenvalue weighted by Crippen LogP contribution is -2.29. The Morgan fingerprint density at radius 1 is 1.20 bits per heavy atom. The highest BCUT2D eigenvalue weighted by Crippen LogP contribution is 2.35. The maximum absolute atomic E-state index is 13.2. The zero-order chi connectivity index (χ0) is 25.1. The smallest absolute Gasteiger partial charge is 0.314 e. The fourth-order valence-corrected chi connectivity index (χ4v) is 4.40. The van der Waals surface area contributed by atoms with Gasteiger partial charge in [-0.1, -0.05) is 11.2 Å². The van der Waals surface area contributed by atoms with E-state index in [1.807, 2.05) is 20.8 Å². The van der Waals surface area contributed by atoms with Gasteiger partial charge in [-0.25, -0.2) is 15.0 Å². The predicted molar refractivity (Wildman–Crippen MR) is 128 cm³/mol. The Hall–Kier alpha value is -3.71. The van der Waals surface area contributed by atoms with E-state index in [-0.39, 0.29) is 17.1 Å². The van der Waals surface area contributed by atoms with Crippen LogP contribution in [0, 0.1) is 13.8 Å². The standard InChI is InChI=1S/C22H26N8O4S/c1-12-10-23-17(24-11-12)9-13(2)35(32)29-22-27-26-20(16-7-6-8-18(25-16)33-5)30(22)15(4)19-14(3)28-34-21(19)31/h6-8,10-11,13,15,31H,9H2,1-5H3,(H,27,29). The van der Waals surface area contributed by atoms with Crippen LogP contribution in [0.1, 0.15) is 42.5 Å². The second kappa shape index (κ2) is 10.3. The lowest BCUT2D eigenvalue weighted by Gasteiger charge is -2.21. The summed E-state index contributed by atoms with van der Waals surface area (Å²) in [6.07, 6.45) is 3.86. The van der Waals surface area contributed by atoms with Crippen molar-refractivity contribution in [3.63, 3.8) is 0 Å². The molecule has 0 fully saturated rings. The molecule has 35 heavy (non-hydrogen) atoms. The third-order valence-electron chi connectivity index (χ3n) is 5.41. The number of nitrogens with one attached hydrogen (secondary N) is 1. The van der Waals surface area contributed by atoms with Crippen LogP contribution >= 0.6 is 0 Å². The predicted octanol–water partition coefficient (Wildman–Crippen LogP) is 2.77. The van der Waals surface area contributed by atoms with Crippen LogP contribution in [-0.4, -0.2) is 56.9 Å². The molecule has 3 unspecified atom stereocenters. The molecule has 0 saturated heterocycles. The first-order valence-corrected chi connectivity index (χ1v) is 12.1. The summed E-state index contributed by atoms with van der Waals surface area (Å²) in [7, 11) is 1.52. The molecule has 4 aromatic heterocycles. The van der Waals surface area contributed by atoms with Gasteiger partial charge in [0.1, 0.15) is 16.8 Å². The van der Waals surface area contributed by atoms with Gasteiger partial charge >= 0.3 is 5.95 Å². The SMILES string of the molecule is COc1cccc(-c2nnc(N[S+]([O-])C(C)Cc3ncc(C)cn3)n2C(C)c2c(C)noc2O)n1. The van der Waals surface area contributed by atoms with Crippen LogP contribution in [-0.2, 0) is 17.8 Å². The molecule has 0 aromatic carbocycles. The van der Waals surface area contributed by atoms with Crippen LogP contribution in [0.4, 0.5) is 5.95 Å². The number of hydrogen-bond donors (Lipinski definition) is 2. The molecule has 4 rings (SSSR count). The van der Waals surface area contributed by atoms with Crippen molar-refractivity contribution in [1.82, 2.24) is 34.9 Å². The number of ether oxygens (including phenoxy) is 1. The van der Waals surface area contributed by atoms with Gasteiger partial charge in [0.2, 0.25) is 5.88 Å². The Morgan fingerprint density at radius 2 is 1.94 bits per heavy atom. The Labute approximate surface area is 205 Å². The van der Waals surface area contributed by atoms with Crippen molar-refractivity contribution < 1.29 is 18.9 Å². The number of hydrogen-bond acceptors (Lipinski definition) is 11. The molecule has 12 nitrogen and oxygen atoms in total. The van der Waals surface area contributed by atoms with Crippen molar-refractivity contribution >= 4 is 17.3 Å². The van der Waals surface area contributed by atoms with E-state index >= 15 is 0 Å². The van der Waals surface area contributed by atoms with E-state index in [0.29, 0.717) is 40.9 Å². The number of rotatable bonds is 9. The van der Waals surface area contributed by atoms with Crippen LogP contribution in [0.2, 0.25) is 0 Å². The molecule has 4 aromatic rings. The van der Waals surface area contributed by atoms with Crippen molar-refractivity contribution in [2.75, 3.05) is 11.8 Å². The monoisotopic (exact) mass is 498 g/mol. The third kappa shape index (κ3) is 5.20. The largest absolute Gasteiger partial charge is 0.593 e. The molecule has 0 aliphatic heterocycles. The Morgan fingerprint density at radius 3 is 2.60 bits per heavy atom. The second-order valence-corrected chi connectivity index (χ2v) is 9.64. The highest BCUT2D eigenvalue weighted by Gasteiger charge is 2.30. The summed E-state index contributed by atoms with van der Waals surface area (Å²) in [5, 5.41) is 22.3. The van der Waals surface area contributed by atoms with Gasteiger partial charge in [-0.05, 0) is 39.3 Å². The number of nitrogens with zero attached hydrogens (tertiary/aromatic N) is 7. The lowest BCUT2D eigenvalue weighted by atomic mass is 10.1. The number of aromatic nitrogens is 7. The van der Waals surface area contributed by atoms with Crippen molar-refractivity contribution in [2.24, 2.45) is 0 Å². The third-order valence-corrected chi connectivity index (χ3v) is 6.70. The van der Waals surface area contributed by atoms with E-state index in [9.17, 15) is 9.66 Å². The van der Waals surface area contributed by atoms with Crippen LogP contribution in [0.5, 0.6) is 11.8 Å². The Kier molecular flexibility index (Phi) is 7.17. The Bertz CT molecular complexity index is 1270. The van der Waals surface area contributed by atoms with Crippen molar-refractivity contribution in [3.8, 4) is 23.3 Å². The van der Waals surface area contributed by atoms with Gasteiger partial charge in [0, 0.05) is 18.5 Å². The molecule has 2 N–H and O–H groups in total. The lowest BCUT2D eigenvalue weighted by molar-refractivity contribution is 0.272. The summed E-state index contributed by atoms with van der Waals surface area (Å²) >= 11 is -1.55. The number of anilines is 1. The number of aromatic hydroxyl groups is 1. The molecule has 0 radical (unpaired) electrons. The summed E-state index contributed by atoms with van der Waals surface area (Å²) < 4.78 is 28.0. The fraction of sp³-hybridized carbons (Fsp3) is 0.364. The van der Waals surface area contributed by atoms with E-state index in [2.05, 4.69) is 35.0 Å². The quantitative estimate of drug-likeness (QED) is 0.327. The van der Waals surface area contributed by atoms with Gasteiger partial charge in [-0.3, -0.25) is 4.57 Å². The summed E-state index contributed by atoms with van der Waals surface area (Å²) in [5.41, 5.74) is 2.39. The summed E-state index contributed by atoms with van der Waals surface area (Å²) in [5.74, 6) is 1.29. The summed E-state index contributed by atoms with van der Waals surface area (Å²) in [4.78, 5) is 13.0. The van der Waals surface area contributed by atoms with E-state index in [1.54, 1.807) is 42.1 Å². The minimum absolute atomic E-state index is 0.229. The first-order valence-electron chi connectivity index (χ1n) is 10.8. The van der Waals surface area contributed by atoms with Crippen LogP contribution in [0.3, 0.4) is 0 Å². The van der Waals surface area contributed by atoms with Crippen molar-refractivity contribution in [3.05, 3.63) is 53.2 Å². The molecule has 0 aliphatic carbocycles. The molecule has 0 bridgehead atoms. The molecule has 4 heterocycles. The summed E-state index contributed by atoms with van der Waals surface area (Å²) in [6.45, 7) is 7.28. The molecule has 3 atom stereocenters. The number of aryl methyl sites for hydroxylation is 2.